The molecule has 1 aliphatic carbocycles. The summed E-state index contributed by atoms with van der Waals surface area (Å²) in [6.45, 7) is 1.93. The number of hydrogen-bond acceptors (Lipinski definition) is 4. The van der Waals surface area contributed by atoms with Crippen LogP contribution in [-0.4, -0.2) is 15.9 Å². The second kappa shape index (κ2) is 4.92. The Morgan fingerprint density at radius 2 is 2.25 bits per heavy atom. The molecular weight excluding hydrogens is 252 g/mol. The molecule has 0 spiro atoms. The highest BCUT2D eigenvalue weighted by atomic mass is 16.2. The molecule has 0 unspecified atom stereocenters. The number of amides is 1. The molecule has 1 saturated carbocycles. The molecule has 3 rings (SSSR count). The van der Waals surface area contributed by atoms with Crippen LogP contribution >= 0.6 is 0 Å². The second-order valence-electron chi connectivity index (χ2n) is 5.12. The fraction of sp³-hybridized carbons (Fsp3) is 0.267. The van der Waals surface area contributed by atoms with E-state index in [-0.39, 0.29) is 17.7 Å². The van der Waals surface area contributed by atoms with Crippen LogP contribution in [0.2, 0.25) is 0 Å². The van der Waals surface area contributed by atoms with E-state index in [2.05, 4.69) is 15.3 Å². The molecular formula is C15H16N4O. The average molecular weight is 268 g/mol. The molecule has 1 aromatic carbocycles. The minimum Gasteiger partial charge on any atom is -0.399 e. The van der Waals surface area contributed by atoms with Gasteiger partial charge in [0.05, 0.1) is 0 Å². The number of carbonyl (C=O) groups excluding carboxylic acids is 1. The van der Waals surface area contributed by atoms with Gasteiger partial charge >= 0.3 is 0 Å². The van der Waals surface area contributed by atoms with Crippen molar-refractivity contribution in [3.8, 4) is 0 Å². The second-order valence-corrected chi connectivity index (χ2v) is 5.12. The highest BCUT2D eigenvalue weighted by Crippen LogP contribution is 2.46. The van der Waals surface area contributed by atoms with Gasteiger partial charge in [0.1, 0.15) is 5.82 Å². The molecule has 0 aliphatic heterocycles. The molecule has 5 heteroatoms. The monoisotopic (exact) mass is 268 g/mol. The van der Waals surface area contributed by atoms with Crippen molar-refractivity contribution in [2.75, 3.05) is 11.1 Å². The van der Waals surface area contributed by atoms with Gasteiger partial charge in [0, 0.05) is 35.1 Å². The quantitative estimate of drug-likeness (QED) is 0.835. The number of rotatable bonds is 3. The molecule has 5 nitrogen and oxygen atoms in total. The maximum Gasteiger partial charge on any atom is 0.228 e. The van der Waals surface area contributed by atoms with Gasteiger partial charge in [-0.1, -0.05) is 6.07 Å². The Morgan fingerprint density at radius 1 is 1.40 bits per heavy atom. The van der Waals surface area contributed by atoms with E-state index in [1.807, 2.05) is 25.1 Å². The van der Waals surface area contributed by atoms with Crippen molar-refractivity contribution in [3.05, 3.63) is 48.0 Å². The molecule has 0 radical (unpaired) electrons. The molecule has 2 aromatic rings. The van der Waals surface area contributed by atoms with Crippen LogP contribution in [0.5, 0.6) is 0 Å². The average Bonchev–Trinajstić information content (AvgIpc) is 3.19. The lowest BCUT2D eigenvalue weighted by Crippen LogP contribution is -2.15. The number of nitrogens with two attached hydrogens (primary N) is 1. The maximum atomic E-state index is 12.1. The Hall–Kier alpha value is -2.43. The first-order valence-corrected chi connectivity index (χ1v) is 6.59. The van der Waals surface area contributed by atoms with Crippen LogP contribution in [0.15, 0.2) is 36.5 Å². The summed E-state index contributed by atoms with van der Waals surface area (Å²) < 4.78 is 0. The number of anilines is 2. The summed E-state index contributed by atoms with van der Waals surface area (Å²) in [5, 5.41) is 2.88. The summed E-state index contributed by atoms with van der Waals surface area (Å²) >= 11 is 0. The van der Waals surface area contributed by atoms with Gasteiger partial charge in [0.15, 0.2) is 0 Å². The topological polar surface area (TPSA) is 80.9 Å². The third kappa shape index (κ3) is 2.61. The van der Waals surface area contributed by atoms with E-state index in [0.717, 1.165) is 23.6 Å². The third-order valence-electron chi connectivity index (χ3n) is 3.43. The standard InChI is InChI=1S/C15H16N4O/c1-9-5-6-17-14(18-9)12-8-13(12)15(20)19-11-4-2-3-10(16)7-11/h2-7,12-13H,8,16H2,1H3,(H,19,20)/t12-,13-/m0/s1. The maximum absolute atomic E-state index is 12.1. The summed E-state index contributed by atoms with van der Waals surface area (Å²) in [5.74, 6) is 0.859. The lowest BCUT2D eigenvalue weighted by Gasteiger charge is -2.05. The van der Waals surface area contributed by atoms with Crippen LogP contribution in [0.3, 0.4) is 0 Å². The number of nitrogens with zero attached hydrogens (tertiary/aromatic N) is 2. The Kier molecular flexibility index (Phi) is 3.10. The van der Waals surface area contributed by atoms with E-state index in [0.29, 0.717) is 5.69 Å². The number of aromatic nitrogens is 2. The smallest absolute Gasteiger partial charge is 0.228 e. The summed E-state index contributed by atoms with van der Waals surface area (Å²) in [6, 6.07) is 9.04. The molecule has 1 heterocycles. The zero-order valence-electron chi connectivity index (χ0n) is 11.2. The molecule has 1 fully saturated rings. The fourth-order valence-corrected chi connectivity index (χ4v) is 2.27. The largest absolute Gasteiger partial charge is 0.399 e. The number of aryl methyl sites for hydroxylation is 1. The van der Waals surface area contributed by atoms with Gasteiger partial charge in [-0.2, -0.15) is 0 Å². The molecule has 1 amide bonds. The minimum absolute atomic E-state index is 0.00528. The number of nitrogens with one attached hydrogen (secondary N) is 1. The SMILES string of the molecule is Cc1ccnc([C@H]2C[C@@H]2C(=O)Nc2cccc(N)c2)n1. The van der Waals surface area contributed by atoms with Gasteiger partial charge < -0.3 is 11.1 Å². The first kappa shape index (κ1) is 12.6. The first-order chi connectivity index (χ1) is 9.63. The zero-order valence-corrected chi connectivity index (χ0v) is 11.2. The summed E-state index contributed by atoms with van der Waals surface area (Å²) in [6.07, 6.45) is 2.54. The Morgan fingerprint density at radius 3 is 3.00 bits per heavy atom. The molecule has 2 atom stereocenters. The summed E-state index contributed by atoms with van der Waals surface area (Å²) in [7, 11) is 0. The van der Waals surface area contributed by atoms with Crippen molar-refractivity contribution in [1.29, 1.82) is 0 Å². The lowest BCUT2D eigenvalue weighted by atomic mass is 10.2. The number of carbonyl (C=O) groups is 1. The van der Waals surface area contributed by atoms with Crippen molar-refractivity contribution in [3.63, 3.8) is 0 Å². The summed E-state index contributed by atoms with van der Waals surface area (Å²) in [5.41, 5.74) is 7.98. The molecule has 0 bridgehead atoms. The normalized spacial score (nSPS) is 20.4. The van der Waals surface area contributed by atoms with Gasteiger partial charge in [-0.3, -0.25) is 4.79 Å². The van der Waals surface area contributed by atoms with Crippen molar-refractivity contribution in [2.45, 2.75) is 19.3 Å². The van der Waals surface area contributed by atoms with Gasteiger partial charge in [0.2, 0.25) is 5.91 Å². The third-order valence-corrected chi connectivity index (χ3v) is 3.43. The Balaban J connectivity index is 1.66. The van der Waals surface area contributed by atoms with E-state index < -0.39 is 0 Å². The van der Waals surface area contributed by atoms with Gasteiger partial charge in [0.25, 0.3) is 0 Å². The number of hydrogen-bond donors (Lipinski definition) is 2. The molecule has 20 heavy (non-hydrogen) atoms. The number of nitrogen functional groups attached to an aromatic ring is 1. The molecule has 0 saturated heterocycles. The highest BCUT2D eigenvalue weighted by Gasteiger charge is 2.46. The molecule has 3 N–H and O–H groups in total. The van der Waals surface area contributed by atoms with E-state index in [4.69, 9.17) is 5.73 Å². The van der Waals surface area contributed by atoms with Crippen LogP contribution < -0.4 is 11.1 Å². The fourth-order valence-electron chi connectivity index (χ4n) is 2.27. The van der Waals surface area contributed by atoms with Gasteiger partial charge in [-0.15, -0.1) is 0 Å². The van der Waals surface area contributed by atoms with Crippen molar-refractivity contribution < 1.29 is 4.79 Å². The predicted octanol–water partition coefficient (Wildman–Crippen LogP) is 2.11. The van der Waals surface area contributed by atoms with E-state index >= 15 is 0 Å². The first-order valence-electron chi connectivity index (χ1n) is 6.59. The van der Waals surface area contributed by atoms with Crippen molar-refractivity contribution in [2.24, 2.45) is 5.92 Å². The van der Waals surface area contributed by atoms with Gasteiger partial charge in [-0.25, -0.2) is 9.97 Å². The summed E-state index contributed by atoms with van der Waals surface area (Å²) in [4.78, 5) is 20.8. The minimum atomic E-state index is -0.0433. The van der Waals surface area contributed by atoms with Crippen LogP contribution in [0.4, 0.5) is 11.4 Å². The number of benzene rings is 1. The molecule has 1 aromatic heterocycles. The molecule has 1 aliphatic rings. The Labute approximate surface area is 117 Å². The van der Waals surface area contributed by atoms with Crippen LogP contribution in [0.25, 0.3) is 0 Å². The van der Waals surface area contributed by atoms with Gasteiger partial charge in [-0.05, 0) is 37.6 Å². The van der Waals surface area contributed by atoms with E-state index in [1.54, 1.807) is 18.3 Å². The Bertz CT molecular complexity index is 656. The van der Waals surface area contributed by atoms with Crippen molar-refractivity contribution >= 4 is 17.3 Å². The van der Waals surface area contributed by atoms with Crippen LogP contribution in [-0.2, 0) is 4.79 Å². The van der Waals surface area contributed by atoms with E-state index in [1.165, 1.54) is 0 Å². The zero-order chi connectivity index (χ0) is 14.1. The van der Waals surface area contributed by atoms with Crippen LogP contribution in [0, 0.1) is 12.8 Å². The van der Waals surface area contributed by atoms with E-state index in [9.17, 15) is 4.79 Å². The van der Waals surface area contributed by atoms with Crippen molar-refractivity contribution in [1.82, 2.24) is 9.97 Å². The van der Waals surface area contributed by atoms with Crippen LogP contribution in [0.1, 0.15) is 23.9 Å². The lowest BCUT2D eigenvalue weighted by molar-refractivity contribution is -0.117. The predicted molar refractivity (Wildman–Crippen MR) is 77.1 cm³/mol. The molecule has 102 valence electrons. The highest BCUT2D eigenvalue weighted by molar-refractivity contribution is 5.95.